The van der Waals surface area contributed by atoms with Crippen LogP contribution in [0.25, 0.3) is 0 Å². The molecule has 0 unspecified atom stereocenters. The van der Waals surface area contributed by atoms with Gasteiger partial charge in [-0.15, -0.1) is 12.4 Å². The van der Waals surface area contributed by atoms with Gasteiger partial charge in [0.2, 0.25) is 0 Å². The third-order valence-corrected chi connectivity index (χ3v) is 4.27. The van der Waals surface area contributed by atoms with Gasteiger partial charge in [-0.05, 0) is 51.0 Å². The summed E-state index contributed by atoms with van der Waals surface area (Å²) in [5, 5.41) is 0. The molecule has 8 heteroatoms. The van der Waals surface area contributed by atoms with Crippen LogP contribution in [0.5, 0.6) is 0 Å². The van der Waals surface area contributed by atoms with Gasteiger partial charge in [0, 0.05) is 30.8 Å². The van der Waals surface area contributed by atoms with E-state index in [9.17, 15) is 22.8 Å². The average Bonchev–Trinajstić information content (AvgIpc) is 2.65. The van der Waals surface area contributed by atoms with Gasteiger partial charge in [-0.3, -0.25) is 9.59 Å². The minimum Gasteiger partial charge on any atom is -0.460 e. The third kappa shape index (κ3) is 8.61. The van der Waals surface area contributed by atoms with E-state index in [0.29, 0.717) is 19.3 Å². The predicted molar refractivity (Wildman–Crippen MR) is 117 cm³/mol. The molecule has 2 aromatic rings. The zero-order valence-corrected chi connectivity index (χ0v) is 18.6. The maximum Gasteiger partial charge on any atom is 0.416 e. The van der Waals surface area contributed by atoms with Gasteiger partial charge < -0.3 is 9.64 Å². The van der Waals surface area contributed by atoms with Crippen LogP contribution in [0, 0.1) is 0 Å². The summed E-state index contributed by atoms with van der Waals surface area (Å²) >= 11 is 0. The molecule has 0 aliphatic carbocycles. The van der Waals surface area contributed by atoms with Crippen molar-refractivity contribution in [3.63, 3.8) is 0 Å². The highest BCUT2D eigenvalue weighted by Gasteiger charge is 2.31. The van der Waals surface area contributed by atoms with E-state index in [1.807, 2.05) is 30.3 Å². The Kier molecular flexibility index (Phi) is 9.56. The van der Waals surface area contributed by atoms with E-state index in [-0.39, 0.29) is 42.6 Å². The number of halogens is 4. The van der Waals surface area contributed by atoms with Gasteiger partial charge in [-0.2, -0.15) is 13.2 Å². The zero-order chi connectivity index (χ0) is 22.4. The van der Waals surface area contributed by atoms with E-state index in [4.69, 9.17) is 4.74 Å². The molecular formula is C23H27ClF3NO3. The number of ether oxygens (including phenoxy) is 1. The molecule has 0 aromatic heterocycles. The van der Waals surface area contributed by atoms with Crippen molar-refractivity contribution in [2.24, 2.45) is 0 Å². The van der Waals surface area contributed by atoms with Gasteiger partial charge in [0.15, 0.2) is 6.29 Å². The Hall–Kier alpha value is -2.54. The van der Waals surface area contributed by atoms with Crippen LogP contribution in [0.15, 0.2) is 48.5 Å². The number of anilines is 1. The average molecular weight is 458 g/mol. The van der Waals surface area contributed by atoms with E-state index in [0.717, 1.165) is 17.7 Å². The van der Waals surface area contributed by atoms with Crippen molar-refractivity contribution in [3.8, 4) is 0 Å². The summed E-state index contributed by atoms with van der Waals surface area (Å²) in [4.78, 5) is 25.2. The highest BCUT2D eigenvalue weighted by atomic mass is 35.5. The Balaban J connectivity index is 0.00000480. The molecular weight excluding hydrogens is 431 g/mol. The van der Waals surface area contributed by atoms with Crippen LogP contribution in [-0.2, 0) is 22.3 Å². The Labute approximate surface area is 186 Å². The molecule has 0 spiro atoms. The van der Waals surface area contributed by atoms with Crippen molar-refractivity contribution in [1.82, 2.24) is 0 Å². The van der Waals surface area contributed by atoms with Gasteiger partial charge in [-0.25, -0.2) is 0 Å². The summed E-state index contributed by atoms with van der Waals surface area (Å²) in [5.41, 5.74) is -0.201. The lowest BCUT2D eigenvalue weighted by molar-refractivity contribution is -0.154. The van der Waals surface area contributed by atoms with E-state index < -0.39 is 17.3 Å². The van der Waals surface area contributed by atoms with Crippen molar-refractivity contribution in [1.29, 1.82) is 0 Å². The number of alkyl halides is 3. The molecule has 0 saturated heterocycles. The van der Waals surface area contributed by atoms with E-state index in [1.54, 1.807) is 25.7 Å². The lowest BCUT2D eigenvalue weighted by atomic mass is 10.1. The van der Waals surface area contributed by atoms with E-state index in [2.05, 4.69) is 0 Å². The molecule has 31 heavy (non-hydrogen) atoms. The number of rotatable bonds is 8. The largest absolute Gasteiger partial charge is 0.460 e. The molecule has 2 aromatic carbocycles. The summed E-state index contributed by atoms with van der Waals surface area (Å²) in [6, 6.07) is 12.3. The predicted octanol–water partition coefficient (Wildman–Crippen LogP) is 6.07. The van der Waals surface area contributed by atoms with Crippen molar-refractivity contribution in [2.45, 2.75) is 51.9 Å². The van der Waals surface area contributed by atoms with Crippen LogP contribution in [0.1, 0.15) is 55.1 Å². The molecule has 0 N–H and O–H groups in total. The number of carbonyl (C=O) groups is 2. The third-order valence-electron chi connectivity index (χ3n) is 4.27. The second-order valence-electron chi connectivity index (χ2n) is 7.99. The smallest absolute Gasteiger partial charge is 0.416 e. The second-order valence-corrected chi connectivity index (χ2v) is 7.99. The number of aldehydes is 1. The van der Waals surface area contributed by atoms with Gasteiger partial charge >= 0.3 is 12.1 Å². The monoisotopic (exact) mass is 457 g/mol. The number of carbonyl (C=O) groups excluding carboxylic acids is 2. The lowest BCUT2D eigenvalue weighted by Crippen LogP contribution is -2.28. The summed E-state index contributed by atoms with van der Waals surface area (Å²) in [7, 11) is 0. The minimum absolute atomic E-state index is 0. The van der Waals surface area contributed by atoms with E-state index >= 15 is 0 Å². The Bertz CT molecular complexity index is 865. The van der Waals surface area contributed by atoms with Gasteiger partial charge in [0.25, 0.3) is 0 Å². The minimum atomic E-state index is -4.52. The summed E-state index contributed by atoms with van der Waals surface area (Å²) < 4.78 is 45.0. The summed E-state index contributed by atoms with van der Waals surface area (Å²) in [6.07, 6.45) is -3.49. The number of nitrogens with zero attached hydrogens (tertiary/aromatic N) is 1. The molecule has 0 aliphatic rings. The first-order valence-electron chi connectivity index (χ1n) is 9.67. The molecule has 0 aliphatic heterocycles. The fourth-order valence-corrected chi connectivity index (χ4v) is 2.99. The zero-order valence-electron chi connectivity index (χ0n) is 17.7. The van der Waals surface area contributed by atoms with Crippen molar-refractivity contribution in [2.75, 3.05) is 11.4 Å². The Morgan fingerprint density at radius 1 is 1.06 bits per heavy atom. The normalized spacial score (nSPS) is 11.4. The lowest BCUT2D eigenvalue weighted by Gasteiger charge is -2.27. The summed E-state index contributed by atoms with van der Waals surface area (Å²) in [6.45, 7) is 5.90. The molecule has 2 rings (SSSR count). The van der Waals surface area contributed by atoms with Crippen LogP contribution in [-0.4, -0.2) is 24.4 Å². The van der Waals surface area contributed by atoms with Crippen molar-refractivity contribution < 1.29 is 27.5 Å². The van der Waals surface area contributed by atoms with Crippen LogP contribution in [0.2, 0.25) is 0 Å². The Morgan fingerprint density at radius 2 is 1.71 bits per heavy atom. The standard InChI is InChI=1S/C23H26F3NO3.ClH/c1-22(2,3)30-21(29)10-7-13-27(15-17-8-5-4-6-9-17)20-14-19(23(24,25)26)12-11-18(20)16-28;/h4-6,8-9,11-12,14,16H,7,10,13,15H2,1-3H3;1H. The van der Waals surface area contributed by atoms with E-state index in [1.165, 1.54) is 6.07 Å². The van der Waals surface area contributed by atoms with Crippen molar-refractivity contribution >= 4 is 30.3 Å². The summed E-state index contributed by atoms with van der Waals surface area (Å²) in [5.74, 6) is -0.373. The number of benzene rings is 2. The maximum atomic E-state index is 13.2. The number of esters is 1. The van der Waals surface area contributed by atoms with Crippen LogP contribution < -0.4 is 4.90 Å². The molecule has 170 valence electrons. The first-order valence-corrected chi connectivity index (χ1v) is 9.67. The quantitative estimate of drug-likeness (QED) is 0.356. The maximum absolute atomic E-state index is 13.2. The molecule has 0 radical (unpaired) electrons. The Morgan fingerprint density at radius 3 is 2.26 bits per heavy atom. The number of hydrogen-bond acceptors (Lipinski definition) is 4. The molecule has 4 nitrogen and oxygen atoms in total. The van der Waals surface area contributed by atoms with Gasteiger partial charge in [0.1, 0.15) is 5.60 Å². The first-order chi connectivity index (χ1) is 14.0. The molecule has 0 saturated carbocycles. The molecule has 0 bridgehead atoms. The topological polar surface area (TPSA) is 46.6 Å². The molecule has 0 atom stereocenters. The highest BCUT2D eigenvalue weighted by Crippen LogP contribution is 2.33. The SMILES string of the molecule is CC(C)(C)OC(=O)CCCN(Cc1ccccc1)c1cc(C(F)(F)F)ccc1C=O.Cl. The highest BCUT2D eigenvalue weighted by molar-refractivity contribution is 5.85. The fourth-order valence-electron chi connectivity index (χ4n) is 2.99. The van der Waals surface area contributed by atoms with Crippen molar-refractivity contribution in [3.05, 3.63) is 65.2 Å². The van der Waals surface area contributed by atoms with Crippen LogP contribution in [0.3, 0.4) is 0 Å². The van der Waals surface area contributed by atoms with Crippen LogP contribution >= 0.6 is 12.4 Å². The fraction of sp³-hybridized carbons (Fsp3) is 0.391. The first kappa shape index (κ1) is 26.5. The van der Waals surface area contributed by atoms with Gasteiger partial charge in [0.05, 0.1) is 5.56 Å². The number of hydrogen-bond donors (Lipinski definition) is 0. The molecule has 0 heterocycles. The molecule has 0 amide bonds. The van der Waals surface area contributed by atoms with Crippen LogP contribution in [0.4, 0.5) is 18.9 Å². The second kappa shape index (κ2) is 11.2. The molecule has 0 fully saturated rings. The van der Waals surface area contributed by atoms with Gasteiger partial charge in [-0.1, -0.05) is 30.3 Å².